The van der Waals surface area contributed by atoms with Crippen LogP contribution < -0.4 is 0 Å². The van der Waals surface area contributed by atoms with Crippen molar-refractivity contribution in [2.75, 3.05) is 13.1 Å². The normalized spacial score (nSPS) is 14.5. The second kappa shape index (κ2) is 9.85. The number of carbonyl (C=O) groups is 1. The topological polar surface area (TPSA) is 61.9 Å². The molecule has 176 valence electrons. The van der Waals surface area contributed by atoms with Crippen molar-refractivity contribution in [3.8, 4) is 6.07 Å². The number of allylic oxidation sites excluding steroid dienone is 1. The van der Waals surface area contributed by atoms with Crippen LogP contribution in [-0.2, 0) is 13.5 Å². The minimum atomic E-state index is 0.0100. The minimum absolute atomic E-state index is 0.0100. The lowest BCUT2D eigenvalue weighted by Crippen LogP contribution is -2.32. The van der Waals surface area contributed by atoms with Gasteiger partial charge in [-0.2, -0.15) is 5.26 Å². The lowest BCUT2D eigenvalue weighted by molar-refractivity contribution is 0.0992. The first-order chi connectivity index (χ1) is 16.3. The Morgan fingerprint density at radius 3 is 2.71 bits per heavy atom. The van der Waals surface area contributed by atoms with E-state index in [-0.39, 0.29) is 12.2 Å². The Hall–Kier alpha value is -3.39. The Morgan fingerprint density at radius 1 is 1.29 bits per heavy atom. The number of hydrogen-bond donors (Lipinski definition) is 0. The lowest BCUT2D eigenvalue weighted by Gasteiger charge is -2.35. The molecule has 0 spiro atoms. The molecular formula is C29H34N4O. The largest absolute Gasteiger partial charge is 0.375 e. The van der Waals surface area contributed by atoms with Crippen molar-refractivity contribution in [3.05, 3.63) is 76.8 Å². The fourth-order valence-electron chi connectivity index (χ4n) is 5.21. The summed E-state index contributed by atoms with van der Waals surface area (Å²) in [7, 11) is 2.05. The van der Waals surface area contributed by atoms with Gasteiger partial charge in [0.05, 0.1) is 11.6 Å². The molecule has 3 heterocycles. The summed E-state index contributed by atoms with van der Waals surface area (Å²) in [5.74, 6) is 1.11. The maximum absolute atomic E-state index is 13.0. The SMILES string of the molecule is C=C(CC(C)C)N1CCC(c2cn(C)c3ncc(CC(=O)c4cccc(C#N)c4)c(C)c23)CC1. The minimum Gasteiger partial charge on any atom is -0.375 e. The molecular weight excluding hydrogens is 420 g/mol. The van der Waals surface area contributed by atoms with Crippen molar-refractivity contribution < 1.29 is 4.79 Å². The predicted molar refractivity (Wildman–Crippen MR) is 137 cm³/mol. The van der Waals surface area contributed by atoms with E-state index in [2.05, 4.69) is 56.1 Å². The molecule has 0 amide bonds. The molecule has 4 rings (SSSR count). The number of hydrogen-bond acceptors (Lipinski definition) is 4. The van der Waals surface area contributed by atoms with E-state index in [1.165, 1.54) is 16.6 Å². The fraction of sp³-hybridized carbons (Fsp3) is 0.414. The van der Waals surface area contributed by atoms with Crippen molar-refractivity contribution in [3.63, 3.8) is 0 Å². The predicted octanol–water partition coefficient (Wildman–Crippen LogP) is 5.92. The molecule has 0 radical (unpaired) electrons. The van der Waals surface area contributed by atoms with E-state index in [1.54, 1.807) is 24.3 Å². The van der Waals surface area contributed by atoms with Crippen molar-refractivity contribution in [2.45, 2.75) is 52.4 Å². The molecule has 1 saturated heterocycles. The molecule has 34 heavy (non-hydrogen) atoms. The first kappa shape index (κ1) is 23.8. The zero-order chi connectivity index (χ0) is 24.4. The molecule has 1 aliphatic rings. The maximum atomic E-state index is 13.0. The summed E-state index contributed by atoms with van der Waals surface area (Å²) in [6.45, 7) is 13.0. The molecule has 1 aliphatic heterocycles. The van der Waals surface area contributed by atoms with E-state index in [4.69, 9.17) is 10.2 Å². The lowest BCUT2D eigenvalue weighted by atomic mass is 9.87. The average molecular weight is 455 g/mol. The van der Waals surface area contributed by atoms with Crippen LogP contribution >= 0.6 is 0 Å². The summed E-state index contributed by atoms with van der Waals surface area (Å²) < 4.78 is 2.11. The van der Waals surface area contributed by atoms with Gasteiger partial charge in [0.15, 0.2) is 5.78 Å². The van der Waals surface area contributed by atoms with Gasteiger partial charge in [-0.3, -0.25) is 4.79 Å². The summed E-state index contributed by atoms with van der Waals surface area (Å²) in [4.78, 5) is 20.2. The molecule has 0 atom stereocenters. The van der Waals surface area contributed by atoms with E-state index >= 15 is 0 Å². The molecule has 1 aromatic carbocycles. The summed E-state index contributed by atoms with van der Waals surface area (Å²) in [6.07, 6.45) is 7.60. The molecule has 0 unspecified atom stereocenters. The van der Waals surface area contributed by atoms with E-state index in [0.29, 0.717) is 23.0 Å². The first-order valence-corrected chi connectivity index (χ1v) is 12.2. The molecule has 0 aliphatic carbocycles. The molecule has 0 saturated carbocycles. The zero-order valence-corrected chi connectivity index (χ0v) is 20.8. The van der Waals surface area contributed by atoms with Gasteiger partial charge in [0.1, 0.15) is 5.65 Å². The van der Waals surface area contributed by atoms with Gasteiger partial charge in [0.2, 0.25) is 0 Å². The molecule has 5 nitrogen and oxygen atoms in total. The monoisotopic (exact) mass is 454 g/mol. The quantitative estimate of drug-likeness (QED) is 0.416. The third-order valence-electron chi connectivity index (χ3n) is 7.07. The standard InChI is InChI=1S/C29H34N4O/c1-19(2)13-20(3)33-11-9-23(10-12-33)26-18-32(5)29-28(26)21(4)25(17-31-29)15-27(34)24-8-6-7-22(14-24)16-30/h6-8,14,17-19,23H,3,9-13,15H2,1-2,4-5H3. The van der Waals surface area contributed by atoms with Gasteiger partial charge >= 0.3 is 0 Å². The highest BCUT2D eigenvalue weighted by Gasteiger charge is 2.26. The summed E-state index contributed by atoms with van der Waals surface area (Å²) in [6, 6.07) is 9.03. The highest BCUT2D eigenvalue weighted by molar-refractivity contribution is 5.98. The van der Waals surface area contributed by atoms with Gasteiger partial charge < -0.3 is 9.47 Å². The van der Waals surface area contributed by atoms with E-state index in [0.717, 1.165) is 49.1 Å². The Balaban J connectivity index is 1.58. The van der Waals surface area contributed by atoms with Crippen LogP contribution in [-0.4, -0.2) is 33.3 Å². The van der Waals surface area contributed by atoms with Crippen molar-refractivity contribution in [1.82, 2.24) is 14.5 Å². The first-order valence-electron chi connectivity index (χ1n) is 12.2. The zero-order valence-electron chi connectivity index (χ0n) is 20.8. The summed E-state index contributed by atoms with van der Waals surface area (Å²) in [5, 5.41) is 10.3. The van der Waals surface area contributed by atoms with Crippen molar-refractivity contribution in [2.24, 2.45) is 13.0 Å². The van der Waals surface area contributed by atoms with Crippen LogP contribution in [0.1, 0.15) is 71.6 Å². The number of nitriles is 1. The second-order valence-electron chi connectivity index (χ2n) is 10.0. The number of Topliss-reactive ketones (excluding diaryl/α,β-unsaturated/α-hetero) is 1. The summed E-state index contributed by atoms with van der Waals surface area (Å²) >= 11 is 0. The molecule has 0 N–H and O–H groups in total. The third kappa shape index (κ3) is 4.77. The van der Waals surface area contributed by atoms with Crippen LogP contribution in [0.3, 0.4) is 0 Å². The Bertz CT molecular complexity index is 1270. The number of piperidine rings is 1. The highest BCUT2D eigenvalue weighted by Crippen LogP contribution is 2.37. The fourth-order valence-corrected chi connectivity index (χ4v) is 5.21. The van der Waals surface area contributed by atoms with Gasteiger partial charge in [-0.1, -0.05) is 32.6 Å². The number of fused-ring (bicyclic) bond motifs is 1. The van der Waals surface area contributed by atoms with Crippen LogP contribution in [0.15, 0.2) is 48.9 Å². The number of aromatic nitrogens is 2. The average Bonchev–Trinajstić information content (AvgIpc) is 3.17. The number of nitrogens with zero attached hydrogens (tertiary/aromatic N) is 4. The number of ketones is 1. The number of likely N-dealkylation sites (tertiary alicyclic amines) is 1. The van der Waals surface area contributed by atoms with Gasteiger partial charge in [0.25, 0.3) is 0 Å². The van der Waals surface area contributed by atoms with Crippen molar-refractivity contribution in [1.29, 1.82) is 5.26 Å². The Labute approximate surface area is 202 Å². The maximum Gasteiger partial charge on any atom is 0.167 e. The molecule has 0 bridgehead atoms. The number of rotatable bonds is 7. The van der Waals surface area contributed by atoms with Crippen LogP contribution in [0.5, 0.6) is 0 Å². The van der Waals surface area contributed by atoms with Gasteiger partial charge in [0, 0.05) is 55.6 Å². The Kier molecular flexibility index (Phi) is 6.88. The third-order valence-corrected chi connectivity index (χ3v) is 7.07. The van der Waals surface area contributed by atoms with Crippen LogP contribution in [0.2, 0.25) is 0 Å². The van der Waals surface area contributed by atoms with E-state index < -0.39 is 0 Å². The van der Waals surface area contributed by atoms with Crippen molar-refractivity contribution >= 4 is 16.8 Å². The smallest absolute Gasteiger partial charge is 0.167 e. The van der Waals surface area contributed by atoms with E-state index in [1.807, 2.05) is 6.20 Å². The molecule has 3 aromatic rings. The number of aryl methyl sites for hydroxylation is 2. The van der Waals surface area contributed by atoms with Crippen LogP contribution in [0.25, 0.3) is 11.0 Å². The van der Waals surface area contributed by atoms with Crippen LogP contribution in [0, 0.1) is 24.2 Å². The number of carbonyl (C=O) groups excluding carboxylic acids is 1. The highest BCUT2D eigenvalue weighted by atomic mass is 16.1. The second-order valence-corrected chi connectivity index (χ2v) is 10.0. The molecule has 5 heteroatoms. The van der Waals surface area contributed by atoms with Crippen LogP contribution in [0.4, 0.5) is 0 Å². The number of pyridine rings is 1. The van der Waals surface area contributed by atoms with E-state index in [9.17, 15) is 4.79 Å². The summed E-state index contributed by atoms with van der Waals surface area (Å²) in [5.41, 5.74) is 6.74. The number of benzene rings is 1. The Morgan fingerprint density at radius 2 is 2.03 bits per heavy atom. The molecule has 2 aromatic heterocycles. The van der Waals surface area contributed by atoms with Gasteiger partial charge in [-0.05, 0) is 66.8 Å². The molecule has 1 fully saturated rings. The van der Waals surface area contributed by atoms with Gasteiger partial charge in [-0.25, -0.2) is 4.98 Å². The van der Waals surface area contributed by atoms with Gasteiger partial charge in [-0.15, -0.1) is 0 Å².